The van der Waals surface area contributed by atoms with Gasteiger partial charge in [-0.2, -0.15) is 0 Å². The Balaban J connectivity index is 2.05. The summed E-state index contributed by atoms with van der Waals surface area (Å²) in [5.74, 6) is -2.05. The third kappa shape index (κ3) is 4.51. The number of anilines is 1. The van der Waals surface area contributed by atoms with Crippen molar-refractivity contribution < 1.29 is 19.2 Å². The molecule has 1 aromatic heterocycles. The molecule has 0 aliphatic carbocycles. The van der Waals surface area contributed by atoms with Crippen LogP contribution in [-0.4, -0.2) is 33.4 Å². The van der Waals surface area contributed by atoms with Crippen molar-refractivity contribution in [3.05, 3.63) is 65.9 Å². The molecule has 11 nitrogen and oxygen atoms in total. The van der Waals surface area contributed by atoms with E-state index >= 15 is 0 Å². The Morgan fingerprint density at radius 2 is 2.04 bits per heavy atom. The lowest BCUT2D eigenvalue weighted by atomic mass is 10.2. The van der Waals surface area contributed by atoms with E-state index in [9.17, 15) is 29.3 Å². The second-order valence-corrected chi connectivity index (χ2v) is 4.96. The number of H-pyrrole nitrogens is 2. The lowest BCUT2D eigenvalue weighted by molar-refractivity contribution is -0.383. The number of esters is 1. The Hall–Kier alpha value is -3.47. The fourth-order valence-electron chi connectivity index (χ4n) is 1.72. The molecule has 0 aliphatic heterocycles. The van der Waals surface area contributed by atoms with Gasteiger partial charge < -0.3 is 15.0 Å². The van der Waals surface area contributed by atoms with Crippen molar-refractivity contribution in [2.75, 3.05) is 11.9 Å². The molecule has 2 aromatic rings. The number of rotatable bonds is 5. The number of nitrogens with zero attached hydrogens (tertiary/aromatic N) is 1. The first kappa shape index (κ1) is 17.9. The van der Waals surface area contributed by atoms with Gasteiger partial charge in [-0.1, -0.05) is 11.6 Å². The molecular formula is C13H9ClN4O7. The van der Waals surface area contributed by atoms with Crippen molar-refractivity contribution >= 4 is 34.9 Å². The van der Waals surface area contributed by atoms with E-state index in [1.165, 1.54) is 6.07 Å². The van der Waals surface area contributed by atoms with E-state index < -0.39 is 45.9 Å². The number of hydrogen-bond donors (Lipinski definition) is 3. The van der Waals surface area contributed by atoms with Gasteiger partial charge in [0.15, 0.2) is 6.61 Å². The third-order valence-electron chi connectivity index (χ3n) is 2.80. The Labute approximate surface area is 142 Å². The molecule has 2 rings (SSSR count). The molecule has 1 amide bonds. The van der Waals surface area contributed by atoms with Gasteiger partial charge in [-0.15, -0.1) is 0 Å². The van der Waals surface area contributed by atoms with Crippen LogP contribution in [0.2, 0.25) is 5.02 Å². The summed E-state index contributed by atoms with van der Waals surface area (Å²) in [5.41, 5.74) is -2.89. The highest BCUT2D eigenvalue weighted by Gasteiger charge is 2.18. The van der Waals surface area contributed by atoms with Crippen LogP contribution >= 0.6 is 11.6 Å². The zero-order valence-electron chi connectivity index (χ0n) is 12.2. The predicted octanol–water partition coefficient (Wildman–Crippen LogP) is 0.420. The molecule has 1 heterocycles. The second kappa shape index (κ2) is 7.40. The van der Waals surface area contributed by atoms with Gasteiger partial charge in [-0.05, 0) is 12.1 Å². The van der Waals surface area contributed by atoms with Crippen molar-refractivity contribution in [1.82, 2.24) is 9.97 Å². The van der Waals surface area contributed by atoms with E-state index in [0.717, 1.165) is 18.3 Å². The van der Waals surface area contributed by atoms with Crippen LogP contribution in [0.5, 0.6) is 0 Å². The standard InChI is InChI=1S/C13H9ClN4O7/c14-6-1-2-9(18(23)24)8(3-6)16-10(19)5-25-12(21)7-4-15-13(22)17-11(7)20/h1-4H,5H2,(H,16,19)(H2,15,17,20,22). The van der Waals surface area contributed by atoms with E-state index in [0.29, 0.717) is 0 Å². The fourth-order valence-corrected chi connectivity index (χ4v) is 1.90. The number of nitro groups is 1. The number of halogens is 1. The van der Waals surface area contributed by atoms with Crippen LogP contribution in [0.3, 0.4) is 0 Å². The number of carbonyl (C=O) groups excluding carboxylic acids is 2. The Morgan fingerprint density at radius 1 is 1.32 bits per heavy atom. The first-order chi connectivity index (χ1) is 11.8. The summed E-state index contributed by atoms with van der Waals surface area (Å²) in [6.45, 7) is -0.818. The van der Waals surface area contributed by atoms with Gasteiger partial charge in [-0.3, -0.25) is 24.7 Å². The summed E-state index contributed by atoms with van der Waals surface area (Å²) in [7, 11) is 0. The molecule has 0 unspecified atom stereocenters. The van der Waals surface area contributed by atoms with Gasteiger partial charge >= 0.3 is 11.7 Å². The number of amides is 1. The zero-order chi connectivity index (χ0) is 18.6. The molecule has 0 spiro atoms. The Morgan fingerprint density at radius 3 is 2.68 bits per heavy atom. The molecule has 12 heteroatoms. The largest absolute Gasteiger partial charge is 0.452 e. The summed E-state index contributed by atoms with van der Waals surface area (Å²) in [5, 5.41) is 13.2. The van der Waals surface area contributed by atoms with Crippen molar-refractivity contribution in [1.29, 1.82) is 0 Å². The second-order valence-electron chi connectivity index (χ2n) is 4.53. The van der Waals surface area contributed by atoms with Gasteiger partial charge in [0.2, 0.25) is 0 Å². The van der Waals surface area contributed by atoms with Gasteiger partial charge in [0.25, 0.3) is 17.2 Å². The molecule has 0 bridgehead atoms. The quantitative estimate of drug-likeness (QED) is 0.391. The SMILES string of the molecule is O=C(COC(=O)c1c[nH]c(=O)[nH]c1=O)Nc1cc(Cl)ccc1[N+](=O)[O-]. The minimum atomic E-state index is -1.16. The monoisotopic (exact) mass is 368 g/mol. The van der Waals surface area contributed by atoms with Gasteiger partial charge in [0.1, 0.15) is 11.3 Å². The third-order valence-corrected chi connectivity index (χ3v) is 3.04. The van der Waals surface area contributed by atoms with Crippen molar-refractivity contribution in [3.8, 4) is 0 Å². The minimum Gasteiger partial charge on any atom is -0.452 e. The summed E-state index contributed by atoms with van der Waals surface area (Å²) in [4.78, 5) is 59.8. The van der Waals surface area contributed by atoms with Crippen LogP contribution in [0.15, 0.2) is 34.0 Å². The molecule has 0 atom stereocenters. The summed E-state index contributed by atoms with van der Waals surface area (Å²) in [6.07, 6.45) is 0.837. The number of benzene rings is 1. The maximum atomic E-state index is 11.8. The van der Waals surface area contributed by atoms with Crippen LogP contribution in [0.4, 0.5) is 11.4 Å². The number of aromatic nitrogens is 2. The summed E-state index contributed by atoms with van der Waals surface area (Å²) >= 11 is 5.72. The van der Waals surface area contributed by atoms with E-state index in [1.54, 1.807) is 0 Å². The molecule has 0 aliphatic rings. The maximum Gasteiger partial charge on any atom is 0.345 e. The lowest BCUT2D eigenvalue weighted by Crippen LogP contribution is -2.29. The first-order valence-electron chi connectivity index (χ1n) is 6.51. The van der Waals surface area contributed by atoms with Gasteiger partial charge in [0.05, 0.1) is 4.92 Å². The minimum absolute atomic E-state index is 0.151. The highest BCUT2D eigenvalue weighted by atomic mass is 35.5. The number of hydrogen-bond acceptors (Lipinski definition) is 7. The topological polar surface area (TPSA) is 164 Å². The molecule has 1 aromatic carbocycles. The molecule has 3 N–H and O–H groups in total. The summed E-state index contributed by atoms with van der Waals surface area (Å²) < 4.78 is 4.62. The van der Waals surface area contributed by atoms with Crippen LogP contribution < -0.4 is 16.6 Å². The fraction of sp³-hybridized carbons (Fsp3) is 0.0769. The highest BCUT2D eigenvalue weighted by Crippen LogP contribution is 2.27. The number of nitrogens with one attached hydrogen (secondary N) is 3. The highest BCUT2D eigenvalue weighted by molar-refractivity contribution is 6.31. The molecule has 0 saturated heterocycles. The average molecular weight is 369 g/mol. The smallest absolute Gasteiger partial charge is 0.345 e. The van der Waals surface area contributed by atoms with E-state index in [4.69, 9.17) is 11.6 Å². The van der Waals surface area contributed by atoms with Crippen molar-refractivity contribution in [2.24, 2.45) is 0 Å². The van der Waals surface area contributed by atoms with Gasteiger partial charge in [-0.25, -0.2) is 9.59 Å². The molecular weight excluding hydrogens is 360 g/mol. The number of nitro benzene ring substituents is 1. The first-order valence-corrected chi connectivity index (χ1v) is 6.88. The number of aromatic amines is 2. The molecule has 0 fully saturated rings. The van der Waals surface area contributed by atoms with Crippen molar-refractivity contribution in [3.63, 3.8) is 0 Å². The van der Waals surface area contributed by atoms with E-state index in [2.05, 4.69) is 15.0 Å². The zero-order valence-corrected chi connectivity index (χ0v) is 13.0. The average Bonchev–Trinajstić information content (AvgIpc) is 2.52. The van der Waals surface area contributed by atoms with Crippen LogP contribution in [0.25, 0.3) is 0 Å². The predicted molar refractivity (Wildman–Crippen MR) is 84.7 cm³/mol. The molecule has 130 valence electrons. The number of carbonyl (C=O) groups is 2. The molecule has 0 radical (unpaired) electrons. The maximum absolute atomic E-state index is 11.8. The van der Waals surface area contributed by atoms with Crippen molar-refractivity contribution in [2.45, 2.75) is 0 Å². The van der Waals surface area contributed by atoms with Gasteiger partial charge in [0, 0.05) is 17.3 Å². The van der Waals surface area contributed by atoms with E-state index in [1.807, 2.05) is 4.98 Å². The molecule has 0 saturated carbocycles. The molecule has 25 heavy (non-hydrogen) atoms. The van der Waals surface area contributed by atoms with Crippen LogP contribution in [-0.2, 0) is 9.53 Å². The lowest BCUT2D eigenvalue weighted by Gasteiger charge is -2.07. The van der Waals surface area contributed by atoms with Crippen LogP contribution in [0, 0.1) is 10.1 Å². The number of ether oxygens (including phenoxy) is 1. The Kier molecular flexibility index (Phi) is 5.29. The summed E-state index contributed by atoms with van der Waals surface area (Å²) in [6, 6.07) is 3.54. The van der Waals surface area contributed by atoms with E-state index in [-0.39, 0.29) is 10.7 Å². The normalized spacial score (nSPS) is 10.1. The van der Waals surface area contributed by atoms with Crippen LogP contribution in [0.1, 0.15) is 10.4 Å². The Bertz CT molecular complexity index is 965.